The molecule has 2 heterocycles. The molecule has 1 aromatic heterocycles. The van der Waals surface area contributed by atoms with Crippen molar-refractivity contribution in [2.75, 3.05) is 39.3 Å². The van der Waals surface area contributed by atoms with E-state index in [1.165, 1.54) is 10.1 Å². The number of carbonyl (C=O) groups excluding carboxylic acids is 1. The molecule has 2 N–H and O–H groups in total. The third-order valence-electron chi connectivity index (χ3n) is 5.99. The molecule has 0 radical (unpaired) electrons. The lowest BCUT2D eigenvalue weighted by Gasteiger charge is -2.34. The number of fused-ring (bicyclic) bond motifs is 1. The van der Waals surface area contributed by atoms with Gasteiger partial charge in [0.1, 0.15) is 0 Å². The lowest BCUT2D eigenvalue weighted by Crippen LogP contribution is -2.48. The maximum atomic E-state index is 12.6. The van der Waals surface area contributed by atoms with E-state index in [9.17, 15) is 9.59 Å². The van der Waals surface area contributed by atoms with E-state index in [4.69, 9.17) is 12.2 Å². The van der Waals surface area contributed by atoms with Gasteiger partial charge in [-0.2, -0.15) is 0 Å². The first-order valence-corrected chi connectivity index (χ1v) is 11.5. The molecule has 3 aromatic rings. The van der Waals surface area contributed by atoms with Crippen LogP contribution >= 0.6 is 12.2 Å². The number of benzene rings is 2. The van der Waals surface area contributed by atoms with Crippen molar-refractivity contribution in [2.24, 2.45) is 0 Å². The molecule has 8 heteroatoms. The van der Waals surface area contributed by atoms with Crippen LogP contribution in [0.2, 0.25) is 0 Å². The Balaban J connectivity index is 1.28. The second-order valence-electron chi connectivity index (χ2n) is 8.10. The Morgan fingerprint density at radius 2 is 1.78 bits per heavy atom. The van der Waals surface area contributed by atoms with Gasteiger partial charge in [0.2, 0.25) is 0 Å². The standard InChI is InChI=1S/C24H29N5O2S/c1-2-29-23(31)20-9-8-19(16-21(20)26-24(29)32)22(30)25-10-11-27-12-14-28(15-13-27)17-18-6-4-3-5-7-18/h3-9,16H,2,10-15,17H2,1H3,(H,25,30)(H,26,32). The van der Waals surface area contributed by atoms with Crippen LogP contribution < -0.4 is 10.9 Å². The summed E-state index contributed by atoms with van der Waals surface area (Å²) >= 11 is 5.26. The topological polar surface area (TPSA) is 73.4 Å². The number of hydrogen-bond acceptors (Lipinski definition) is 5. The van der Waals surface area contributed by atoms with Crippen molar-refractivity contribution in [3.8, 4) is 0 Å². The van der Waals surface area contributed by atoms with Gasteiger partial charge in [0, 0.05) is 57.9 Å². The number of aromatic nitrogens is 2. The summed E-state index contributed by atoms with van der Waals surface area (Å²) in [6, 6.07) is 15.6. The first-order chi connectivity index (χ1) is 15.5. The Morgan fingerprint density at radius 3 is 2.50 bits per heavy atom. The van der Waals surface area contributed by atoms with Crippen molar-refractivity contribution in [3.63, 3.8) is 0 Å². The molecule has 0 atom stereocenters. The molecule has 0 aliphatic carbocycles. The Hall–Kier alpha value is -2.81. The van der Waals surface area contributed by atoms with Crippen LogP contribution in [0.3, 0.4) is 0 Å². The zero-order valence-corrected chi connectivity index (χ0v) is 19.2. The highest BCUT2D eigenvalue weighted by Crippen LogP contribution is 2.11. The zero-order valence-electron chi connectivity index (χ0n) is 18.3. The minimum atomic E-state index is -0.145. The van der Waals surface area contributed by atoms with Crippen molar-refractivity contribution in [1.29, 1.82) is 0 Å². The highest BCUT2D eigenvalue weighted by atomic mass is 32.1. The van der Waals surface area contributed by atoms with Gasteiger partial charge in [-0.25, -0.2) is 0 Å². The molecule has 1 amide bonds. The van der Waals surface area contributed by atoms with Crippen LogP contribution in [0.25, 0.3) is 10.9 Å². The van der Waals surface area contributed by atoms with Crippen LogP contribution in [0.4, 0.5) is 0 Å². The van der Waals surface area contributed by atoms with Crippen LogP contribution in [0, 0.1) is 4.77 Å². The highest BCUT2D eigenvalue weighted by molar-refractivity contribution is 7.71. The molecular formula is C24H29N5O2S. The lowest BCUT2D eigenvalue weighted by atomic mass is 10.1. The van der Waals surface area contributed by atoms with Gasteiger partial charge in [0.15, 0.2) is 4.77 Å². The monoisotopic (exact) mass is 451 g/mol. The molecular weight excluding hydrogens is 422 g/mol. The molecule has 1 aliphatic rings. The van der Waals surface area contributed by atoms with Gasteiger partial charge in [-0.05, 0) is 42.9 Å². The number of nitrogens with zero attached hydrogens (tertiary/aromatic N) is 3. The van der Waals surface area contributed by atoms with E-state index in [1.54, 1.807) is 18.2 Å². The second kappa shape index (κ2) is 10.2. The summed E-state index contributed by atoms with van der Waals surface area (Å²) in [6.07, 6.45) is 0. The number of H-pyrrole nitrogens is 1. The van der Waals surface area contributed by atoms with Gasteiger partial charge in [-0.15, -0.1) is 0 Å². The predicted octanol–water partition coefficient (Wildman–Crippen LogP) is 2.63. The summed E-state index contributed by atoms with van der Waals surface area (Å²) in [5.41, 5.74) is 2.32. The van der Waals surface area contributed by atoms with Crippen molar-refractivity contribution in [3.05, 3.63) is 74.8 Å². The average molecular weight is 452 g/mol. The van der Waals surface area contributed by atoms with Crippen LogP contribution in [0.15, 0.2) is 53.3 Å². The molecule has 7 nitrogen and oxygen atoms in total. The molecule has 2 aromatic carbocycles. The SMILES string of the molecule is CCn1c(=S)[nH]c2cc(C(=O)NCCN3CCN(Cc4ccccc4)CC3)ccc2c1=O. The maximum Gasteiger partial charge on any atom is 0.262 e. The molecule has 1 fully saturated rings. The molecule has 0 saturated carbocycles. The summed E-state index contributed by atoms with van der Waals surface area (Å²) in [7, 11) is 0. The third kappa shape index (κ3) is 5.15. The van der Waals surface area contributed by atoms with Crippen molar-refractivity contribution >= 4 is 29.0 Å². The lowest BCUT2D eigenvalue weighted by molar-refractivity contribution is 0.0934. The van der Waals surface area contributed by atoms with Gasteiger partial charge in [0.25, 0.3) is 11.5 Å². The zero-order chi connectivity index (χ0) is 22.5. The van der Waals surface area contributed by atoms with Gasteiger partial charge in [-0.3, -0.25) is 24.0 Å². The molecule has 168 valence electrons. The van der Waals surface area contributed by atoms with E-state index in [-0.39, 0.29) is 11.5 Å². The Bertz CT molecular complexity index is 1200. The first kappa shape index (κ1) is 22.4. The predicted molar refractivity (Wildman–Crippen MR) is 130 cm³/mol. The van der Waals surface area contributed by atoms with Gasteiger partial charge in [-0.1, -0.05) is 30.3 Å². The molecule has 0 bridgehead atoms. The van der Waals surface area contributed by atoms with E-state index >= 15 is 0 Å². The Kier molecular flexibility index (Phi) is 7.14. The van der Waals surface area contributed by atoms with Crippen LogP contribution in [0.1, 0.15) is 22.8 Å². The Morgan fingerprint density at radius 1 is 1.06 bits per heavy atom. The first-order valence-electron chi connectivity index (χ1n) is 11.1. The molecule has 0 unspecified atom stereocenters. The van der Waals surface area contributed by atoms with E-state index < -0.39 is 0 Å². The largest absolute Gasteiger partial charge is 0.351 e. The average Bonchev–Trinajstić information content (AvgIpc) is 2.81. The minimum Gasteiger partial charge on any atom is -0.351 e. The molecule has 1 saturated heterocycles. The second-order valence-corrected chi connectivity index (χ2v) is 8.49. The van der Waals surface area contributed by atoms with E-state index in [1.807, 2.05) is 13.0 Å². The Labute approximate surface area is 192 Å². The van der Waals surface area contributed by atoms with E-state index in [0.717, 1.165) is 39.3 Å². The number of nitrogens with one attached hydrogen (secondary N) is 2. The molecule has 32 heavy (non-hydrogen) atoms. The van der Waals surface area contributed by atoms with Gasteiger partial charge >= 0.3 is 0 Å². The van der Waals surface area contributed by atoms with E-state index in [0.29, 0.717) is 34.3 Å². The summed E-state index contributed by atoms with van der Waals surface area (Å²) < 4.78 is 1.88. The third-order valence-corrected chi connectivity index (χ3v) is 6.31. The fraction of sp³-hybridized carbons (Fsp3) is 0.375. The van der Waals surface area contributed by atoms with Crippen molar-refractivity contribution in [2.45, 2.75) is 20.0 Å². The number of hydrogen-bond donors (Lipinski definition) is 2. The molecule has 0 spiro atoms. The molecule has 1 aliphatic heterocycles. The smallest absolute Gasteiger partial charge is 0.262 e. The summed E-state index contributed by atoms with van der Waals surface area (Å²) in [6.45, 7) is 8.83. The number of aromatic amines is 1. The van der Waals surface area contributed by atoms with Crippen LogP contribution in [-0.2, 0) is 13.1 Å². The summed E-state index contributed by atoms with van der Waals surface area (Å²) in [5.74, 6) is -0.145. The van der Waals surface area contributed by atoms with Crippen LogP contribution in [0.5, 0.6) is 0 Å². The fourth-order valence-electron chi connectivity index (χ4n) is 4.13. The van der Waals surface area contributed by atoms with Gasteiger partial charge in [0.05, 0.1) is 10.9 Å². The maximum absolute atomic E-state index is 12.6. The van der Waals surface area contributed by atoms with Crippen molar-refractivity contribution < 1.29 is 4.79 Å². The number of rotatable bonds is 7. The number of amides is 1. The van der Waals surface area contributed by atoms with Crippen molar-refractivity contribution in [1.82, 2.24) is 24.7 Å². The summed E-state index contributed by atoms with van der Waals surface area (Å²) in [5, 5.41) is 3.53. The number of carbonyl (C=O) groups is 1. The minimum absolute atomic E-state index is 0.135. The summed E-state index contributed by atoms with van der Waals surface area (Å²) in [4.78, 5) is 33.0. The van der Waals surface area contributed by atoms with Gasteiger partial charge < -0.3 is 10.3 Å². The quantitative estimate of drug-likeness (QED) is 0.541. The highest BCUT2D eigenvalue weighted by Gasteiger charge is 2.17. The molecule has 4 rings (SSSR count). The normalized spacial score (nSPS) is 15.2. The van der Waals surface area contributed by atoms with Crippen LogP contribution in [-0.4, -0.2) is 64.5 Å². The number of piperazine rings is 1. The fourth-order valence-corrected chi connectivity index (χ4v) is 4.45. The van der Waals surface area contributed by atoms with E-state index in [2.05, 4.69) is 44.4 Å².